The van der Waals surface area contributed by atoms with Crippen molar-refractivity contribution < 1.29 is 4.39 Å². The highest BCUT2D eigenvalue weighted by Gasteiger charge is 2.16. The zero-order valence-corrected chi connectivity index (χ0v) is 11.9. The van der Waals surface area contributed by atoms with Gasteiger partial charge in [0.2, 0.25) is 0 Å². The maximum absolute atomic E-state index is 13.5. The molecular formula is C13H19BrFN3. The highest BCUT2D eigenvalue weighted by molar-refractivity contribution is 9.10. The molecular weight excluding hydrogens is 297 g/mol. The number of piperidine rings is 1. The van der Waals surface area contributed by atoms with Crippen LogP contribution in [0.2, 0.25) is 0 Å². The van der Waals surface area contributed by atoms with E-state index in [1.165, 1.54) is 19.3 Å². The molecule has 0 spiro atoms. The molecule has 18 heavy (non-hydrogen) atoms. The first-order valence-electron chi connectivity index (χ1n) is 6.37. The normalized spacial score (nSPS) is 18.8. The minimum atomic E-state index is -0.244. The molecule has 0 bridgehead atoms. The summed E-state index contributed by atoms with van der Waals surface area (Å²) in [6, 6.07) is 5.15. The van der Waals surface area contributed by atoms with E-state index in [4.69, 9.17) is 5.73 Å². The number of hydrogen-bond donors (Lipinski definition) is 2. The van der Waals surface area contributed by atoms with Crippen LogP contribution in [0.4, 0.5) is 4.39 Å². The number of halogens is 2. The Balaban J connectivity index is 2.04. The third-order valence-electron chi connectivity index (χ3n) is 3.28. The fourth-order valence-electron chi connectivity index (χ4n) is 2.24. The second-order valence-electron chi connectivity index (χ2n) is 4.64. The molecule has 1 atom stereocenters. The predicted octanol–water partition coefficient (Wildman–Crippen LogP) is 2.58. The van der Waals surface area contributed by atoms with E-state index in [0.717, 1.165) is 18.7 Å². The van der Waals surface area contributed by atoms with Gasteiger partial charge in [0.1, 0.15) is 5.82 Å². The van der Waals surface area contributed by atoms with Gasteiger partial charge in [-0.15, -0.1) is 0 Å². The van der Waals surface area contributed by atoms with Gasteiger partial charge in [-0.05, 0) is 46.5 Å². The van der Waals surface area contributed by atoms with E-state index in [9.17, 15) is 4.39 Å². The molecule has 100 valence electrons. The SMILES string of the molecule is NCC(NN1CCCCC1)c1ccc(Br)c(F)c1. The lowest BCUT2D eigenvalue weighted by Gasteiger charge is -2.31. The average Bonchev–Trinajstić information content (AvgIpc) is 2.40. The van der Waals surface area contributed by atoms with Crippen LogP contribution in [0.5, 0.6) is 0 Å². The lowest BCUT2D eigenvalue weighted by atomic mass is 10.1. The zero-order valence-electron chi connectivity index (χ0n) is 10.3. The first-order valence-corrected chi connectivity index (χ1v) is 7.16. The van der Waals surface area contributed by atoms with Crippen LogP contribution >= 0.6 is 15.9 Å². The predicted molar refractivity (Wildman–Crippen MR) is 74.5 cm³/mol. The van der Waals surface area contributed by atoms with Gasteiger partial charge in [0.15, 0.2) is 0 Å². The average molecular weight is 316 g/mol. The molecule has 1 fully saturated rings. The summed E-state index contributed by atoms with van der Waals surface area (Å²) >= 11 is 3.16. The molecule has 1 aromatic carbocycles. The van der Waals surface area contributed by atoms with Crippen molar-refractivity contribution in [1.82, 2.24) is 10.4 Å². The molecule has 5 heteroatoms. The van der Waals surface area contributed by atoms with Crippen LogP contribution in [0.25, 0.3) is 0 Å². The first kappa shape index (κ1) is 13.9. The molecule has 1 aromatic rings. The van der Waals surface area contributed by atoms with Crippen molar-refractivity contribution >= 4 is 15.9 Å². The van der Waals surface area contributed by atoms with Crippen LogP contribution < -0.4 is 11.2 Å². The van der Waals surface area contributed by atoms with E-state index in [-0.39, 0.29) is 11.9 Å². The van der Waals surface area contributed by atoms with E-state index < -0.39 is 0 Å². The number of rotatable bonds is 4. The molecule has 1 aliphatic rings. The van der Waals surface area contributed by atoms with Crippen LogP contribution in [0.3, 0.4) is 0 Å². The summed E-state index contributed by atoms with van der Waals surface area (Å²) in [5.41, 5.74) is 10.1. The lowest BCUT2D eigenvalue weighted by molar-refractivity contribution is 0.130. The Morgan fingerprint density at radius 1 is 1.33 bits per heavy atom. The molecule has 3 nitrogen and oxygen atoms in total. The van der Waals surface area contributed by atoms with Crippen molar-refractivity contribution in [1.29, 1.82) is 0 Å². The molecule has 1 aliphatic heterocycles. The summed E-state index contributed by atoms with van der Waals surface area (Å²) in [5.74, 6) is -0.244. The van der Waals surface area contributed by atoms with Gasteiger partial charge < -0.3 is 5.73 Å². The van der Waals surface area contributed by atoms with Gasteiger partial charge in [-0.1, -0.05) is 12.5 Å². The minimum Gasteiger partial charge on any atom is -0.329 e. The van der Waals surface area contributed by atoms with E-state index in [2.05, 4.69) is 26.4 Å². The van der Waals surface area contributed by atoms with Crippen molar-refractivity contribution in [3.63, 3.8) is 0 Å². The topological polar surface area (TPSA) is 41.3 Å². The fraction of sp³-hybridized carbons (Fsp3) is 0.538. The van der Waals surface area contributed by atoms with E-state index in [0.29, 0.717) is 11.0 Å². The molecule has 3 N–H and O–H groups in total. The van der Waals surface area contributed by atoms with Gasteiger partial charge in [0, 0.05) is 19.6 Å². The molecule has 2 rings (SSSR count). The summed E-state index contributed by atoms with van der Waals surface area (Å²) < 4.78 is 14.0. The fourth-order valence-corrected chi connectivity index (χ4v) is 2.48. The second-order valence-corrected chi connectivity index (χ2v) is 5.49. The Morgan fingerprint density at radius 3 is 2.67 bits per heavy atom. The molecule has 1 saturated heterocycles. The Bertz CT molecular complexity index is 394. The number of nitrogens with one attached hydrogen (secondary N) is 1. The number of nitrogens with two attached hydrogens (primary N) is 1. The smallest absolute Gasteiger partial charge is 0.137 e. The van der Waals surface area contributed by atoms with Crippen LogP contribution in [-0.4, -0.2) is 24.6 Å². The lowest BCUT2D eigenvalue weighted by Crippen LogP contribution is -2.45. The highest BCUT2D eigenvalue weighted by Crippen LogP contribution is 2.21. The molecule has 0 aromatic heterocycles. The van der Waals surface area contributed by atoms with Crippen LogP contribution in [-0.2, 0) is 0 Å². The molecule has 0 saturated carbocycles. The van der Waals surface area contributed by atoms with E-state index >= 15 is 0 Å². The van der Waals surface area contributed by atoms with Gasteiger partial charge in [-0.25, -0.2) is 14.8 Å². The quantitative estimate of drug-likeness (QED) is 0.897. The molecule has 0 aliphatic carbocycles. The number of hydrazine groups is 1. The Labute approximate surface area is 116 Å². The molecule has 0 amide bonds. The van der Waals surface area contributed by atoms with Crippen LogP contribution in [0.1, 0.15) is 30.9 Å². The van der Waals surface area contributed by atoms with E-state index in [1.807, 2.05) is 6.07 Å². The number of nitrogens with zero attached hydrogens (tertiary/aromatic N) is 1. The summed E-state index contributed by atoms with van der Waals surface area (Å²) in [5, 5.41) is 2.20. The maximum atomic E-state index is 13.5. The summed E-state index contributed by atoms with van der Waals surface area (Å²) in [4.78, 5) is 0. The Hall–Kier alpha value is -0.490. The van der Waals surface area contributed by atoms with Crippen molar-refractivity contribution in [2.75, 3.05) is 19.6 Å². The van der Waals surface area contributed by atoms with Crippen molar-refractivity contribution in [2.24, 2.45) is 5.73 Å². The maximum Gasteiger partial charge on any atom is 0.137 e. The largest absolute Gasteiger partial charge is 0.329 e. The monoisotopic (exact) mass is 315 g/mol. The molecule has 1 unspecified atom stereocenters. The van der Waals surface area contributed by atoms with Gasteiger partial charge in [0.25, 0.3) is 0 Å². The third-order valence-corrected chi connectivity index (χ3v) is 3.92. The van der Waals surface area contributed by atoms with Gasteiger partial charge >= 0.3 is 0 Å². The van der Waals surface area contributed by atoms with E-state index in [1.54, 1.807) is 12.1 Å². The van der Waals surface area contributed by atoms with Crippen LogP contribution in [0.15, 0.2) is 22.7 Å². The molecule has 0 radical (unpaired) electrons. The third kappa shape index (κ3) is 3.51. The Kier molecular flexibility index (Phi) is 5.12. The van der Waals surface area contributed by atoms with Gasteiger partial charge in [-0.3, -0.25) is 0 Å². The summed E-state index contributed by atoms with van der Waals surface area (Å²) in [6.45, 7) is 2.53. The summed E-state index contributed by atoms with van der Waals surface area (Å²) in [7, 11) is 0. The van der Waals surface area contributed by atoms with Crippen molar-refractivity contribution in [2.45, 2.75) is 25.3 Å². The number of benzene rings is 1. The van der Waals surface area contributed by atoms with Crippen molar-refractivity contribution in [3.05, 3.63) is 34.1 Å². The van der Waals surface area contributed by atoms with Gasteiger partial charge in [0.05, 0.1) is 10.5 Å². The summed E-state index contributed by atoms with van der Waals surface area (Å²) in [6.07, 6.45) is 3.70. The molecule has 1 heterocycles. The van der Waals surface area contributed by atoms with Crippen LogP contribution in [0, 0.1) is 5.82 Å². The first-order chi connectivity index (χ1) is 8.70. The van der Waals surface area contributed by atoms with Gasteiger partial charge in [-0.2, -0.15) is 0 Å². The Morgan fingerprint density at radius 2 is 2.06 bits per heavy atom. The highest BCUT2D eigenvalue weighted by atomic mass is 79.9. The number of hydrogen-bond acceptors (Lipinski definition) is 3. The minimum absolute atomic E-state index is 0.0225. The second kappa shape index (κ2) is 6.61. The van der Waals surface area contributed by atoms with Crippen molar-refractivity contribution in [3.8, 4) is 0 Å². The standard InChI is InChI=1S/C13H19BrFN3/c14-11-5-4-10(8-12(11)15)13(9-16)17-18-6-2-1-3-7-18/h4-5,8,13,17H,1-3,6-7,9,16H2. The zero-order chi connectivity index (χ0) is 13.0.